The Hall–Kier alpha value is -1.39. The van der Waals surface area contributed by atoms with E-state index in [1.807, 2.05) is 13.8 Å². The van der Waals surface area contributed by atoms with Crippen LogP contribution in [0.15, 0.2) is 0 Å². The van der Waals surface area contributed by atoms with Crippen LogP contribution in [0.25, 0.3) is 0 Å². The van der Waals surface area contributed by atoms with Crippen LogP contribution in [-0.2, 0) is 19.1 Å². The fourth-order valence-corrected chi connectivity index (χ4v) is 0.637. The lowest BCUT2D eigenvalue weighted by Gasteiger charge is -1.98. The molecule has 0 aromatic carbocycles. The molecule has 15 heavy (non-hydrogen) atoms. The second-order valence-electron chi connectivity index (χ2n) is 2.87. The van der Waals surface area contributed by atoms with Gasteiger partial charge in [0.25, 0.3) is 5.97 Å². The smallest absolute Gasteiger partial charge is 0.313 e. The van der Waals surface area contributed by atoms with E-state index in [1.54, 1.807) is 0 Å². The number of ether oxygens (including phenoxy) is 1. The summed E-state index contributed by atoms with van der Waals surface area (Å²) < 4.78 is 4.45. The van der Waals surface area contributed by atoms with E-state index < -0.39 is 17.9 Å². The zero-order valence-electron chi connectivity index (χ0n) is 9.41. The first-order chi connectivity index (χ1) is 6.93. The van der Waals surface area contributed by atoms with Crippen molar-refractivity contribution in [3.05, 3.63) is 0 Å². The number of hydrogen-bond acceptors (Lipinski definition) is 4. The van der Waals surface area contributed by atoms with Gasteiger partial charge < -0.3 is 9.84 Å². The predicted molar refractivity (Wildman–Crippen MR) is 54.2 cm³/mol. The lowest BCUT2D eigenvalue weighted by Crippen LogP contribution is -2.10. The van der Waals surface area contributed by atoms with E-state index in [-0.39, 0.29) is 0 Å². The first kappa shape index (κ1) is 16.1. The summed E-state index contributed by atoms with van der Waals surface area (Å²) in [7, 11) is 0. The Bertz CT molecular complexity index is 190. The van der Waals surface area contributed by atoms with Crippen molar-refractivity contribution in [2.45, 2.75) is 46.5 Å². The Morgan fingerprint density at radius 2 is 1.27 bits per heavy atom. The molecule has 0 aromatic rings. The summed E-state index contributed by atoms with van der Waals surface area (Å²) in [5.74, 6) is -1.66. The molecule has 0 heterocycles. The van der Waals surface area contributed by atoms with Crippen LogP contribution >= 0.6 is 0 Å². The zero-order chi connectivity index (χ0) is 12.3. The molecule has 88 valence electrons. The minimum Gasteiger partial charge on any atom is -0.481 e. The number of carboxylic acids is 1. The molecule has 0 bridgehead atoms. The van der Waals surface area contributed by atoms with Gasteiger partial charge in [0.15, 0.2) is 0 Å². The number of rotatable bonds is 4. The van der Waals surface area contributed by atoms with E-state index in [2.05, 4.69) is 4.74 Å². The maximum absolute atomic E-state index is 10.7. The Morgan fingerprint density at radius 1 is 1.00 bits per heavy atom. The van der Waals surface area contributed by atoms with E-state index in [0.717, 1.165) is 19.8 Å². The monoisotopic (exact) mass is 218 g/mol. The highest BCUT2D eigenvalue weighted by atomic mass is 16.6. The average molecular weight is 218 g/mol. The lowest BCUT2D eigenvalue weighted by molar-refractivity contribution is -0.159. The van der Waals surface area contributed by atoms with Crippen LogP contribution in [0.4, 0.5) is 0 Å². The number of carbonyl (C=O) groups is 3. The van der Waals surface area contributed by atoms with Crippen molar-refractivity contribution in [1.29, 1.82) is 0 Å². The molecule has 0 amide bonds. The third kappa shape index (κ3) is 19.1. The van der Waals surface area contributed by atoms with Crippen LogP contribution in [0, 0.1) is 0 Å². The Morgan fingerprint density at radius 3 is 1.47 bits per heavy atom. The van der Waals surface area contributed by atoms with Gasteiger partial charge in [-0.05, 0) is 12.8 Å². The van der Waals surface area contributed by atoms with Crippen LogP contribution < -0.4 is 0 Å². The SMILES string of the molecule is CC(=O)O.CCCC(=O)OC(=O)CCC. The standard InChI is InChI=1S/C8H14O3.C2H4O2/c1-3-5-7(9)11-8(10)6-4-2;1-2(3)4/h3-6H2,1-2H3;1H3,(H,3,4). The fourth-order valence-electron chi connectivity index (χ4n) is 0.637. The summed E-state index contributed by atoms with van der Waals surface area (Å²) in [4.78, 5) is 30.4. The van der Waals surface area contributed by atoms with Gasteiger partial charge in [-0.1, -0.05) is 13.8 Å². The molecule has 0 aliphatic carbocycles. The largest absolute Gasteiger partial charge is 0.481 e. The molecule has 0 aromatic heterocycles. The van der Waals surface area contributed by atoms with Gasteiger partial charge >= 0.3 is 11.9 Å². The quantitative estimate of drug-likeness (QED) is 0.574. The first-order valence-corrected chi connectivity index (χ1v) is 4.87. The lowest BCUT2D eigenvalue weighted by atomic mass is 10.3. The second-order valence-corrected chi connectivity index (χ2v) is 2.87. The molecule has 0 unspecified atom stereocenters. The third-order valence-corrected chi connectivity index (χ3v) is 1.14. The summed E-state index contributed by atoms with van der Waals surface area (Å²) in [6.45, 7) is 4.82. The number of esters is 2. The Balaban J connectivity index is 0. The van der Waals surface area contributed by atoms with Crippen molar-refractivity contribution in [3.63, 3.8) is 0 Å². The van der Waals surface area contributed by atoms with Crippen LogP contribution in [0.5, 0.6) is 0 Å². The van der Waals surface area contributed by atoms with E-state index >= 15 is 0 Å². The van der Waals surface area contributed by atoms with Gasteiger partial charge in [-0.25, -0.2) is 0 Å². The molecule has 5 nitrogen and oxygen atoms in total. The number of aliphatic carboxylic acids is 1. The summed E-state index contributed by atoms with van der Waals surface area (Å²) in [6, 6.07) is 0. The average Bonchev–Trinajstić information content (AvgIpc) is 2.03. The van der Waals surface area contributed by atoms with Crippen molar-refractivity contribution < 1.29 is 24.2 Å². The van der Waals surface area contributed by atoms with Gasteiger partial charge in [-0.15, -0.1) is 0 Å². The predicted octanol–water partition coefficient (Wildman–Crippen LogP) is 1.75. The Kier molecular flexibility index (Phi) is 11.4. The van der Waals surface area contributed by atoms with Gasteiger partial charge in [0.05, 0.1) is 0 Å². The molecule has 0 aliphatic rings. The van der Waals surface area contributed by atoms with Crippen molar-refractivity contribution in [2.75, 3.05) is 0 Å². The van der Waals surface area contributed by atoms with Gasteiger partial charge in [0, 0.05) is 19.8 Å². The molecule has 0 aliphatic heterocycles. The van der Waals surface area contributed by atoms with Gasteiger partial charge in [0.1, 0.15) is 0 Å². The maximum atomic E-state index is 10.7. The molecule has 0 radical (unpaired) electrons. The van der Waals surface area contributed by atoms with Gasteiger partial charge in [0.2, 0.25) is 0 Å². The number of hydrogen-bond donors (Lipinski definition) is 1. The van der Waals surface area contributed by atoms with E-state index in [9.17, 15) is 9.59 Å². The van der Waals surface area contributed by atoms with Crippen molar-refractivity contribution >= 4 is 17.9 Å². The molecular formula is C10H18O5. The van der Waals surface area contributed by atoms with Crippen molar-refractivity contribution in [3.8, 4) is 0 Å². The van der Waals surface area contributed by atoms with Crippen LogP contribution in [0.1, 0.15) is 46.5 Å². The van der Waals surface area contributed by atoms with Crippen LogP contribution in [-0.4, -0.2) is 23.0 Å². The minimum absolute atomic E-state index is 0.329. The van der Waals surface area contributed by atoms with E-state index in [1.165, 1.54) is 0 Å². The van der Waals surface area contributed by atoms with Gasteiger partial charge in [-0.2, -0.15) is 0 Å². The normalized spacial score (nSPS) is 8.47. The topological polar surface area (TPSA) is 80.7 Å². The van der Waals surface area contributed by atoms with E-state index in [4.69, 9.17) is 9.90 Å². The molecule has 1 N–H and O–H groups in total. The molecule has 0 saturated carbocycles. The molecule has 0 atom stereocenters. The zero-order valence-corrected chi connectivity index (χ0v) is 9.41. The summed E-state index contributed by atoms with van der Waals surface area (Å²) in [5.41, 5.74) is 0. The Labute approximate surface area is 89.4 Å². The molecule has 0 spiro atoms. The summed E-state index contributed by atoms with van der Waals surface area (Å²) in [5, 5.41) is 7.42. The summed E-state index contributed by atoms with van der Waals surface area (Å²) in [6.07, 6.45) is 2.10. The molecule has 0 fully saturated rings. The second kappa shape index (κ2) is 10.7. The first-order valence-electron chi connectivity index (χ1n) is 4.87. The number of carboxylic acid groups (broad SMARTS) is 1. The van der Waals surface area contributed by atoms with Crippen molar-refractivity contribution in [2.24, 2.45) is 0 Å². The molecular weight excluding hydrogens is 200 g/mol. The molecule has 0 saturated heterocycles. The number of carbonyl (C=O) groups excluding carboxylic acids is 2. The third-order valence-electron chi connectivity index (χ3n) is 1.14. The highest BCUT2D eigenvalue weighted by Gasteiger charge is 2.06. The van der Waals surface area contributed by atoms with Crippen molar-refractivity contribution in [1.82, 2.24) is 0 Å². The highest BCUT2D eigenvalue weighted by Crippen LogP contribution is 1.95. The minimum atomic E-state index is -0.833. The summed E-state index contributed by atoms with van der Waals surface area (Å²) >= 11 is 0. The van der Waals surface area contributed by atoms with E-state index in [0.29, 0.717) is 12.8 Å². The molecule has 5 heteroatoms. The van der Waals surface area contributed by atoms with Crippen LogP contribution in [0.3, 0.4) is 0 Å². The maximum Gasteiger partial charge on any atom is 0.313 e. The molecule has 0 rings (SSSR count). The van der Waals surface area contributed by atoms with Crippen LogP contribution in [0.2, 0.25) is 0 Å². The fraction of sp³-hybridized carbons (Fsp3) is 0.700. The highest BCUT2D eigenvalue weighted by molar-refractivity contribution is 5.85. The van der Waals surface area contributed by atoms with Gasteiger partial charge in [-0.3, -0.25) is 14.4 Å².